The van der Waals surface area contributed by atoms with Gasteiger partial charge in [-0.15, -0.1) is 0 Å². The molecule has 0 spiro atoms. The molecule has 0 aromatic heterocycles. The molecule has 1 aromatic rings. The first-order chi connectivity index (χ1) is 7.75. The Balaban J connectivity index is 1.90. The lowest BCUT2D eigenvalue weighted by Crippen LogP contribution is -2.22. The zero-order chi connectivity index (χ0) is 11.4. The van der Waals surface area contributed by atoms with Gasteiger partial charge in [0.05, 0.1) is 0 Å². The second kappa shape index (κ2) is 5.87. The van der Waals surface area contributed by atoms with Gasteiger partial charge in [0, 0.05) is 29.0 Å². The van der Waals surface area contributed by atoms with Crippen molar-refractivity contribution in [3.8, 4) is 0 Å². The SMILES string of the molecule is Cc1ccc(I)cc1NCC1CCOCC1. The maximum absolute atomic E-state index is 5.37. The van der Waals surface area contributed by atoms with Crippen LogP contribution in [0, 0.1) is 16.4 Å². The molecule has 16 heavy (non-hydrogen) atoms. The van der Waals surface area contributed by atoms with Crippen molar-refractivity contribution >= 4 is 28.3 Å². The topological polar surface area (TPSA) is 21.3 Å². The van der Waals surface area contributed by atoms with E-state index in [9.17, 15) is 0 Å². The molecule has 1 aromatic carbocycles. The Morgan fingerprint density at radius 1 is 1.38 bits per heavy atom. The van der Waals surface area contributed by atoms with Crippen molar-refractivity contribution < 1.29 is 4.74 Å². The van der Waals surface area contributed by atoms with Crippen LogP contribution in [0.1, 0.15) is 18.4 Å². The van der Waals surface area contributed by atoms with Crippen LogP contribution in [-0.2, 0) is 4.74 Å². The summed E-state index contributed by atoms with van der Waals surface area (Å²) in [6.07, 6.45) is 2.38. The minimum Gasteiger partial charge on any atom is -0.385 e. The maximum Gasteiger partial charge on any atom is 0.0469 e. The molecule has 1 heterocycles. The number of halogens is 1. The first-order valence-electron chi connectivity index (χ1n) is 5.83. The summed E-state index contributed by atoms with van der Waals surface area (Å²) < 4.78 is 6.66. The van der Waals surface area contributed by atoms with Crippen molar-refractivity contribution in [3.05, 3.63) is 27.3 Å². The molecule has 2 rings (SSSR count). The predicted octanol–water partition coefficient (Wildman–Crippen LogP) is 3.44. The number of nitrogens with one attached hydrogen (secondary N) is 1. The largest absolute Gasteiger partial charge is 0.385 e. The van der Waals surface area contributed by atoms with Crippen LogP contribution in [0.25, 0.3) is 0 Å². The van der Waals surface area contributed by atoms with Gasteiger partial charge in [0.25, 0.3) is 0 Å². The van der Waals surface area contributed by atoms with Crippen molar-refractivity contribution in [1.29, 1.82) is 0 Å². The Morgan fingerprint density at radius 3 is 2.88 bits per heavy atom. The number of hydrogen-bond donors (Lipinski definition) is 1. The molecule has 0 bridgehead atoms. The average Bonchev–Trinajstić information content (AvgIpc) is 2.32. The minimum atomic E-state index is 0.769. The summed E-state index contributed by atoms with van der Waals surface area (Å²) in [4.78, 5) is 0. The van der Waals surface area contributed by atoms with Crippen molar-refractivity contribution in [3.63, 3.8) is 0 Å². The van der Waals surface area contributed by atoms with Crippen molar-refractivity contribution in [2.24, 2.45) is 5.92 Å². The van der Waals surface area contributed by atoms with Crippen molar-refractivity contribution in [1.82, 2.24) is 0 Å². The summed E-state index contributed by atoms with van der Waals surface area (Å²) >= 11 is 2.36. The zero-order valence-electron chi connectivity index (χ0n) is 9.63. The fraction of sp³-hybridized carbons (Fsp3) is 0.538. The Hall–Kier alpha value is -0.290. The molecule has 1 fully saturated rings. The molecule has 0 atom stereocenters. The fourth-order valence-corrected chi connectivity index (χ4v) is 2.48. The van der Waals surface area contributed by atoms with Gasteiger partial charge in [-0.25, -0.2) is 0 Å². The van der Waals surface area contributed by atoms with Gasteiger partial charge in [-0.3, -0.25) is 0 Å². The monoisotopic (exact) mass is 331 g/mol. The van der Waals surface area contributed by atoms with Gasteiger partial charge < -0.3 is 10.1 Å². The molecule has 0 radical (unpaired) electrons. The second-order valence-corrected chi connectivity index (χ2v) is 5.64. The van der Waals surface area contributed by atoms with Gasteiger partial charge in [-0.05, 0) is 66.0 Å². The van der Waals surface area contributed by atoms with Gasteiger partial charge in [-0.1, -0.05) is 6.07 Å². The highest BCUT2D eigenvalue weighted by molar-refractivity contribution is 14.1. The van der Waals surface area contributed by atoms with Gasteiger partial charge in [-0.2, -0.15) is 0 Å². The molecule has 0 amide bonds. The third-order valence-corrected chi connectivity index (χ3v) is 3.79. The second-order valence-electron chi connectivity index (χ2n) is 4.40. The highest BCUT2D eigenvalue weighted by atomic mass is 127. The lowest BCUT2D eigenvalue weighted by atomic mass is 10.0. The van der Waals surface area contributed by atoms with E-state index >= 15 is 0 Å². The Labute approximate surface area is 111 Å². The molecule has 0 unspecified atom stereocenters. The number of anilines is 1. The molecule has 0 aliphatic carbocycles. The van der Waals surface area contributed by atoms with Gasteiger partial charge in [0.2, 0.25) is 0 Å². The first kappa shape index (κ1) is 12.2. The standard InChI is InChI=1S/C13H18INO/c1-10-2-3-12(14)8-13(10)15-9-11-4-6-16-7-5-11/h2-3,8,11,15H,4-7,9H2,1H3. The number of rotatable bonds is 3. The maximum atomic E-state index is 5.37. The Kier molecular flexibility index (Phi) is 4.46. The minimum absolute atomic E-state index is 0.769. The molecule has 88 valence electrons. The van der Waals surface area contributed by atoms with E-state index in [0.717, 1.165) is 25.7 Å². The number of benzene rings is 1. The summed E-state index contributed by atoms with van der Waals surface area (Å²) in [6, 6.07) is 6.54. The third-order valence-electron chi connectivity index (χ3n) is 3.12. The van der Waals surface area contributed by atoms with E-state index in [1.165, 1.54) is 27.7 Å². The summed E-state index contributed by atoms with van der Waals surface area (Å²) in [5.41, 5.74) is 2.60. The van der Waals surface area contributed by atoms with Crippen LogP contribution in [0.15, 0.2) is 18.2 Å². The number of aryl methyl sites for hydroxylation is 1. The third kappa shape index (κ3) is 3.35. The van der Waals surface area contributed by atoms with Crippen LogP contribution in [0.5, 0.6) is 0 Å². The van der Waals surface area contributed by atoms with Crippen LogP contribution < -0.4 is 5.32 Å². The van der Waals surface area contributed by atoms with Crippen LogP contribution in [0.3, 0.4) is 0 Å². The molecule has 1 aliphatic rings. The molecule has 1 aliphatic heterocycles. The molecule has 1 saturated heterocycles. The van der Waals surface area contributed by atoms with E-state index in [2.05, 4.69) is 53.0 Å². The van der Waals surface area contributed by atoms with E-state index in [4.69, 9.17) is 4.74 Å². The van der Waals surface area contributed by atoms with E-state index in [1.54, 1.807) is 0 Å². The van der Waals surface area contributed by atoms with Crippen LogP contribution in [-0.4, -0.2) is 19.8 Å². The molecular weight excluding hydrogens is 313 g/mol. The molecule has 3 heteroatoms. The van der Waals surface area contributed by atoms with Gasteiger partial charge in [0.1, 0.15) is 0 Å². The van der Waals surface area contributed by atoms with Crippen molar-refractivity contribution in [2.45, 2.75) is 19.8 Å². The van der Waals surface area contributed by atoms with E-state index < -0.39 is 0 Å². The predicted molar refractivity (Wildman–Crippen MR) is 75.9 cm³/mol. The van der Waals surface area contributed by atoms with E-state index in [-0.39, 0.29) is 0 Å². The van der Waals surface area contributed by atoms with Crippen molar-refractivity contribution in [2.75, 3.05) is 25.1 Å². The van der Waals surface area contributed by atoms with Gasteiger partial charge >= 0.3 is 0 Å². The molecule has 0 saturated carbocycles. The van der Waals surface area contributed by atoms with Crippen LogP contribution >= 0.6 is 22.6 Å². The summed E-state index contributed by atoms with van der Waals surface area (Å²) in [5.74, 6) is 0.769. The summed E-state index contributed by atoms with van der Waals surface area (Å²) in [6.45, 7) is 5.09. The quantitative estimate of drug-likeness (QED) is 0.857. The van der Waals surface area contributed by atoms with E-state index in [1.807, 2.05) is 0 Å². The summed E-state index contributed by atoms with van der Waals surface area (Å²) in [7, 11) is 0. The lowest BCUT2D eigenvalue weighted by Gasteiger charge is -2.23. The van der Waals surface area contributed by atoms with Gasteiger partial charge in [0.15, 0.2) is 0 Å². The number of ether oxygens (including phenoxy) is 1. The molecule has 2 nitrogen and oxygen atoms in total. The van der Waals surface area contributed by atoms with Crippen LogP contribution in [0.4, 0.5) is 5.69 Å². The lowest BCUT2D eigenvalue weighted by molar-refractivity contribution is 0.0699. The van der Waals surface area contributed by atoms with Crippen LogP contribution in [0.2, 0.25) is 0 Å². The Morgan fingerprint density at radius 2 is 2.12 bits per heavy atom. The summed E-state index contributed by atoms with van der Waals surface area (Å²) in [5, 5.41) is 3.56. The first-order valence-corrected chi connectivity index (χ1v) is 6.91. The number of hydrogen-bond acceptors (Lipinski definition) is 2. The normalized spacial score (nSPS) is 17.4. The molecular formula is C13H18INO. The Bertz CT molecular complexity index is 348. The highest BCUT2D eigenvalue weighted by Gasteiger charge is 2.13. The smallest absolute Gasteiger partial charge is 0.0469 e. The molecule has 1 N–H and O–H groups in total. The van der Waals surface area contributed by atoms with E-state index in [0.29, 0.717) is 0 Å². The zero-order valence-corrected chi connectivity index (χ0v) is 11.8. The fourth-order valence-electron chi connectivity index (χ4n) is 1.99. The highest BCUT2D eigenvalue weighted by Crippen LogP contribution is 2.20. The average molecular weight is 331 g/mol.